The van der Waals surface area contributed by atoms with Crippen molar-refractivity contribution < 1.29 is 4.79 Å². The maximum absolute atomic E-state index is 11.9. The molecule has 1 heterocycles. The Morgan fingerprint density at radius 3 is 2.44 bits per heavy atom. The van der Waals surface area contributed by atoms with Gasteiger partial charge in [-0.05, 0) is 31.5 Å². The smallest absolute Gasteiger partial charge is 0.241 e. The van der Waals surface area contributed by atoms with Crippen molar-refractivity contribution in [3.8, 4) is 0 Å². The zero-order chi connectivity index (χ0) is 11.4. The first kappa shape index (κ1) is 11.1. The van der Waals surface area contributed by atoms with Crippen LogP contribution in [-0.4, -0.2) is 30.9 Å². The van der Waals surface area contributed by atoms with E-state index in [1.807, 2.05) is 30.3 Å². The predicted molar refractivity (Wildman–Crippen MR) is 64.1 cm³/mol. The highest BCUT2D eigenvalue weighted by atomic mass is 16.2. The van der Waals surface area contributed by atoms with Crippen molar-refractivity contribution in [2.45, 2.75) is 18.9 Å². The normalized spacial score (nSPS) is 18.3. The highest BCUT2D eigenvalue weighted by Gasteiger charge is 2.28. The molecule has 3 nitrogen and oxygen atoms in total. The minimum atomic E-state index is -0.117. The van der Waals surface area contributed by atoms with Gasteiger partial charge in [-0.3, -0.25) is 9.69 Å². The van der Waals surface area contributed by atoms with Crippen LogP contribution in [0.4, 0.5) is 0 Å². The maximum atomic E-state index is 11.9. The fourth-order valence-corrected chi connectivity index (χ4v) is 2.30. The number of nitrogens with zero attached hydrogens (tertiary/aromatic N) is 1. The van der Waals surface area contributed by atoms with E-state index in [4.69, 9.17) is 0 Å². The molecule has 0 spiro atoms. The van der Waals surface area contributed by atoms with Crippen LogP contribution in [0, 0.1) is 0 Å². The first-order chi connectivity index (χ1) is 7.83. The molecule has 0 aliphatic carbocycles. The van der Waals surface area contributed by atoms with E-state index < -0.39 is 0 Å². The molecule has 1 N–H and O–H groups in total. The zero-order valence-corrected chi connectivity index (χ0v) is 9.65. The van der Waals surface area contributed by atoms with E-state index in [9.17, 15) is 4.79 Å². The summed E-state index contributed by atoms with van der Waals surface area (Å²) in [5.74, 6) is 0.0908. The molecule has 1 aromatic carbocycles. The lowest BCUT2D eigenvalue weighted by molar-refractivity contribution is -0.125. The van der Waals surface area contributed by atoms with Crippen LogP contribution < -0.4 is 5.32 Å². The van der Waals surface area contributed by atoms with Crippen LogP contribution in [0.1, 0.15) is 24.4 Å². The Balaban J connectivity index is 2.24. The maximum Gasteiger partial charge on any atom is 0.241 e. The summed E-state index contributed by atoms with van der Waals surface area (Å²) < 4.78 is 0. The van der Waals surface area contributed by atoms with E-state index >= 15 is 0 Å². The highest BCUT2D eigenvalue weighted by Crippen LogP contribution is 2.24. The summed E-state index contributed by atoms with van der Waals surface area (Å²) >= 11 is 0. The van der Waals surface area contributed by atoms with Crippen molar-refractivity contribution in [2.24, 2.45) is 0 Å². The Hall–Kier alpha value is -1.35. The molecule has 0 aromatic heterocycles. The minimum Gasteiger partial charge on any atom is -0.358 e. The molecule has 0 saturated carbocycles. The zero-order valence-electron chi connectivity index (χ0n) is 9.65. The molecule has 86 valence electrons. The number of benzene rings is 1. The van der Waals surface area contributed by atoms with Crippen LogP contribution in [0.15, 0.2) is 30.3 Å². The van der Waals surface area contributed by atoms with Gasteiger partial charge < -0.3 is 5.32 Å². The summed E-state index contributed by atoms with van der Waals surface area (Å²) in [6.07, 6.45) is 2.39. The summed E-state index contributed by atoms with van der Waals surface area (Å²) in [4.78, 5) is 14.2. The first-order valence-corrected chi connectivity index (χ1v) is 5.83. The molecule has 0 bridgehead atoms. The van der Waals surface area contributed by atoms with Crippen LogP contribution in [0.25, 0.3) is 0 Å². The van der Waals surface area contributed by atoms with Crippen LogP contribution in [0.3, 0.4) is 0 Å². The SMILES string of the molecule is CNC(=O)C(c1ccccc1)N1CCCC1. The van der Waals surface area contributed by atoms with Crippen molar-refractivity contribution in [3.05, 3.63) is 35.9 Å². The van der Waals surface area contributed by atoms with Gasteiger partial charge in [0, 0.05) is 7.05 Å². The van der Waals surface area contributed by atoms with E-state index in [1.54, 1.807) is 7.05 Å². The minimum absolute atomic E-state index is 0.0908. The Morgan fingerprint density at radius 2 is 1.88 bits per heavy atom. The Kier molecular flexibility index (Phi) is 3.57. The number of likely N-dealkylation sites (N-methyl/N-ethyl adjacent to an activating group) is 1. The lowest BCUT2D eigenvalue weighted by Gasteiger charge is -2.26. The Labute approximate surface area is 96.5 Å². The summed E-state index contributed by atoms with van der Waals surface area (Å²) in [6, 6.07) is 9.89. The second-order valence-electron chi connectivity index (χ2n) is 4.17. The fourth-order valence-electron chi connectivity index (χ4n) is 2.30. The average Bonchev–Trinajstić information content (AvgIpc) is 2.84. The van der Waals surface area contributed by atoms with Crippen molar-refractivity contribution in [3.63, 3.8) is 0 Å². The lowest BCUT2D eigenvalue weighted by Crippen LogP contribution is -2.37. The van der Waals surface area contributed by atoms with Crippen LogP contribution >= 0.6 is 0 Å². The van der Waals surface area contributed by atoms with E-state index in [0.717, 1.165) is 18.7 Å². The molecule has 1 saturated heterocycles. The van der Waals surface area contributed by atoms with Crippen molar-refractivity contribution >= 4 is 5.91 Å². The topological polar surface area (TPSA) is 32.3 Å². The standard InChI is InChI=1S/C13H18N2O/c1-14-13(16)12(15-9-5-6-10-15)11-7-3-2-4-8-11/h2-4,7-8,12H,5-6,9-10H2,1H3,(H,14,16). The van der Waals surface area contributed by atoms with Gasteiger partial charge in [0.25, 0.3) is 0 Å². The van der Waals surface area contributed by atoms with E-state index in [0.29, 0.717) is 0 Å². The van der Waals surface area contributed by atoms with Crippen LogP contribution in [0.2, 0.25) is 0 Å². The summed E-state index contributed by atoms with van der Waals surface area (Å²) in [7, 11) is 1.70. The summed E-state index contributed by atoms with van der Waals surface area (Å²) in [5, 5.41) is 2.76. The number of rotatable bonds is 3. The van der Waals surface area contributed by atoms with Gasteiger partial charge >= 0.3 is 0 Å². The number of carbonyl (C=O) groups excluding carboxylic acids is 1. The van der Waals surface area contributed by atoms with Gasteiger partial charge in [-0.15, -0.1) is 0 Å². The number of hydrogen-bond acceptors (Lipinski definition) is 2. The van der Waals surface area contributed by atoms with Crippen LogP contribution in [0.5, 0.6) is 0 Å². The lowest BCUT2D eigenvalue weighted by atomic mass is 10.1. The van der Waals surface area contributed by atoms with Crippen molar-refractivity contribution in [1.82, 2.24) is 10.2 Å². The number of carbonyl (C=O) groups is 1. The molecule has 1 aromatic rings. The predicted octanol–water partition coefficient (Wildman–Crippen LogP) is 1.57. The Bertz CT molecular complexity index is 344. The molecule has 1 atom stereocenters. The third-order valence-corrected chi connectivity index (χ3v) is 3.12. The number of nitrogens with one attached hydrogen (secondary N) is 1. The van der Waals surface area contributed by atoms with E-state index in [2.05, 4.69) is 10.2 Å². The largest absolute Gasteiger partial charge is 0.358 e. The highest BCUT2D eigenvalue weighted by molar-refractivity contribution is 5.82. The second kappa shape index (κ2) is 5.12. The Morgan fingerprint density at radius 1 is 1.25 bits per heavy atom. The molecule has 2 rings (SSSR count). The second-order valence-corrected chi connectivity index (χ2v) is 4.17. The number of likely N-dealkylation sites (tertiary alicyclic amines) is 1. The van der Waals surface area contributed by atoms with Gasteiger partial charge in [-0.1, -0.05) is 30.3 Å². The quantitative estimate of drug-likeness (QED) is 0.835. The number of hydrogen-bond donors (Lipinski definition) is 1. The van der Waals surface area contributed by atoms with Gasteiger partial charge in [0.1, 0.15) is 6.04 Å². The molecule has 0 radical (unpaired) electrons. The molecule has 1 unspecified atom stereocenters. The first-order valence-electron chi connectivity index (χ1n) is 5.83. The molecule has 1 aliphatic rings. The molecular formula is C13H18N2O. The van der Waals surface area contributed by atoms with Gasteiger partial charge in [-0.2, -0.15) is 0 Å². The fraction of sp³-hybridized carbons (Fsp3) is 0.462. The summed E-state index contributed by atoms with van der Waals surface area (Å²) in [5.41, 5.74) is 1.09. The van der Waals surface area contributed by atoms with Crippen molar-refractivity contribution in [2.75, 3.05) is 20.1 Å². The van der Waals surface area contributed by atoms with Crippen LogP contribution in [-0.2, 0) is 4.79 Å². The average molecular weight is 218 g/mol. The summed E-state index contributed by atoms with van der Waals surface area (Å²) in [6.45, 7) is 2.04. The van der Waals surface area contributed by atoms with Crippen molar-refractivity contribution in [1.29, 1.82) is 0 Å². The van der Waals surface area contributed by atoms with Gasteiger partial charge in [0.05, 0.1) is 0 Å². The molecule has 16 heavy (non-hydrogen) atoms. The van der Waals surface area contributed by atoms with E-state index in [1.165, 1.54) is 12.8 Å². The third-order valence-electron chi connectivity index (χ3n) is 3.12. The van der Waals surface area contributed by atoms with Gasteiger partial charge in [0.15, 0.2) is 0 Å². The third kappa shape index (κ3) is 2.25. The monoisotopic (exact) mass is 218 g/mol. The van der Waals surface area contributed by atoms with Gasteiger partial charge in [-0.25, -0.2) is 0 Å². The molecule has 1 amide bonds. The molecule has 1 aliphatic heterocycles. The van der Waals surface area contributed by atoms with E-state index in [-0.39, 0.29) is 11.9 Å². The molecule has 1 fully saturated rings. The number of amides is 1. The molecule has 3 heteroatoms. The molecular weight excluding hydrogens is 200 g/mol. The van der Waals surface area contributed by atoms with Gasteiger partial charge in [0.2, 0.25) is 5.91 Å².